The summed E-state index contributed by atoms with van der Waals surface area (Å²) in [5.41, 5.74) is -0.406. The summed E-state index contributed by atoms with van der Waals surface area (Å²) in [6.07, 6.45) is 0. The van der Waals surface area contributed by atoms with Crippen molar-refractivity contribution in [1.82, 2.24) is 0 Å². The van der Waals surface area contributed by atoms with Crippen LogP contribution in [0.25, 0.3) is 22.3 Å². The molecule has 0 fully saturated rings. The van der Waals surface area contributed by atoms with Gasteiger partial charge in [-0.1, -0.05) is 42.5 Å². The number of anilines is 1. The van der Waals surface area contributed by atoms with E-state index in [0.717, 1.165) is 6.07 Å². The fraction of sp³-hybridized carbons (Fsp3) is 0. The summed E-state index contributed by atoms with van der Waals surface area (Å²) in [6.45, 7) is 0. The van der Waals surface area contributed by atoms with Crippen LogP contribution in [0, 0.1) is 12.1 Å². The molecule has 0 aliphatic carbocycles. The van der Waals surface area contributed by atoms with Crippen LogP contribution in [0.5, 0.6) is 17.2 Å². The van der Waals surface area contributed by atoms with Crippen molar-refractivity contribution in [3.05, 3.63) is 113 Å². The van der Waals surface area contributed by atoms with Crippen molar-refractivity contribution in [2.24, 2.45) is 0 Å². The molecule has 0 amide bonds. The van der Waals surface area contributed by atoms with Gasteiger partial charge in [0.05, 0.1) is 10.3 Å². The highest BCUT2D eigenvalue weighted by Crippen LogP contribution is 2.35. The van der Waals surface area contributed by atoms with E-state index in [1.165, 1.54) is 54.6 Å². The van der Waals surface area contributed by atoms with Gasteiger partial charge in [0, 0.05) is 11.3 Å². The van der Waals surface area contributed by atoms with Crippen molar-refractivity contribution >= 4 is 26.7 Å². The zero-order valence-corrected chi connectivity index (χ0v) is 19.4. The first-order valence-electron chi connectivity index (χ1n) is 10.5. The molecule has 0 atom stereocenters. The number of phenols is 2. The number of aromatic hydroxyl groups is 3. The summed E-state index contributed by atoms with van der Waals surface area (Å²) in [7, 11) is -3.88. The van der Waals surface area contributed by atoms with Crippen molar-refractivity contribution in [3.8, 4) is 28.6 Å². The fourth-order valence-corrected chi connectivity index (χ4v) is 4.27. The predicted octanol–water partition coefficient (Wildman–Crippen LogP) is 4.66. The predicted molar refractivity (Wildman–Crippen MR) is 134 cm³/mol. The fourth-order valence-electron chi connectivity index (χ4n) is 3.22. The second kappa shape index (κ2) is 10.2. The van der Waals surface area contributed by atoms with Gasteiger partial charge >= 0.3 is 0 Å². The minimum atomic E-state index is -3.88. The van der Waals surface area contributed by atoms with Crippen LogP contribution in [-0.2, 0) is 10.0 Å². The highest BCUT2D eigenvalue weighted by molar-refractivity contribution is 7.92. The third kappa shape index (κ3) is 5.31. The van der Waals surface area contributed by atoms with Gasteiger partial charge in [-0.15, -0.1) is 0 Å². The Kier molecular flexibility index (Phi) is 6.93. The molecule has 180 valence electrons. The van der Waals surface area contributed by atoms with Gasteiger partial charge < -0.3 is 19.7 Å². The average molecular weight is 502 g/mol. The van der Waals surface area contributed by atoms with Gasteiger partial charge in [0.1, 0.15) is 5.58 Å². The smallest absolute Gasteiger partial charge is 0.261 e. The monoisotopic (exact) mass is 501 g/mol. The number of sulfonamides is 1. The van der Waals surface area contributed by atoms with Crippen LogP contribution in [0.15, 0.2) is 105 Å². The Morgan fingerprint density at radius 1 is 0.778 bits per heavy atom. The van der Waals surface area contributed by atoms with Crippen LogP contribution in [-0.4, -0.2) is 23.7 Å². The van der Waals surface area contributed by atoms with Gasteiger partial charge in [0.2, 0.25) is 11.2 Å². The van der Waals surface area contributed by atoms with Crippen LogP contribution in [0.1, 0.15) is 0 Å². The molecule has 5 rings (SSSR count). The van der Waals surface area contributed by atoms with Crippen LogP contribution < -0.4 is 10.2 Å². The third-order valence-electron chi connectivity index (χ3n) is 4.96. The summed E-state index contributed by atoms with van der Waals surface area (Å²) in [4.78, 5) is 12.7. The quantitative estimate of drug-likeness (QED) is 0.263. The Bertz CT molecular complexity index is 1640. The summed E-state index contributed by atoms with van der Waals surface area (Å²) < 4.78 is 32.9. The molecular weight excluding hydrogens is 482 g/mol. The van der Waals surface area contributed by atoms with Gasteiger partial charge in [-0.2, -0.15) is 0 Å². The molecule has 0 unspecified atom stereocenters. The van der Waals surface area contributed by atoms with E-state index in [2.05, 4.69) is 16.9 Å². The van der Waals surface area contributed by atoms with E-state index in [-0.39, 0.29) is 38.6 Å². The average Bonchev–Trinajstić information content (AvgIpc) is 2.90. The SMILES string of the molecule is O=c1c(O)c(-c2ccc(O)c(O)c2)oc2ccc(NS(=O)(=O)c3cc[c]cc3)cc12.[c]1ccccc1. The summed E-state index contributed by atoms with van der Waals surface area (Å²) in [6, 6.07) is 28.6. The first-order valence-corrected chi connectivity index (χ1v) is 12.0. The summed E-state index contributed by atoms with van der Waals surface area (Å²) in [5.74, 6) is -1.73. The van der Waals surface area contributed by atoms with E-state index in [0.29, 0.717) is 0 Å². The van der Waals surface area contributed by atoms with E-state index in [4.69, 9.17) is 4.42 Å². The molecule has 9 heteroatoms. The van der Waals surface area contributed by atoms with E-state index in [1.54, 1.807) is 0 Å². The van der Waals surface area contributed by atoms with Gasteiger partial charge in [-0.25, -0.2) is 8.42 Å². The first kappa shape index (κ1) is 24.4. The highest BCUT2D eigenvalue weighted by Gasteiger charge is 2.19. The van der Waals surface area contributed by atoms with Crippen LogP contribution in [0.4, 0.5) is 5.69 Å². The number of nitrogens with one attached hydrogen (secondary N) is 1. The minimum absolute atomic E-state index is 0.0266. The number of phenolic OH excluding ortho intramolecular Hbond substituents is 2. The molecule has 0 bridgehead atoms. The molecular formula is C27H19NO7S. The van der Waals surface area contributed by atoms with E-state index < -0.39 is 27.0 Å². The van der Waals surface area contributed by atoms with Gasteiger partial charge in [0.25, 0.3) is 10.0 Å². The Balaban J connectivity index is 0.000000445. The number of benzene rings is 4. The maximum absolute atomic E-state index is 12.7. The Hall–Kier alpha value is -4.76. The minimum Gasteiger partial charge on any atom is -0.504 e. The molecule has 1 aromatic heterocycles. The number of rotatable bonds is 4. The zero-order chi connectivity index (χ0) is 25.7. The number of fused-ring (bicyclic) bond motifs is 1. The Morgan fingerprint density at radius 3 is 2.08 bits per heavy atom. The molecule has 0 saturated heterocycles. The van der Waals surface area contributed by atoms with Gasteiger partial charge in [-0.05, 0) is 60.7 Å². The van der Waals surface area contributed by atoms with Crippen molar-refractivity contribution in [3.63, 3.8) is 0 Å². The molecule has 2 radical (unpaired) electrons. The Morgan fingerprint density at radius 2 is 1.47 bits per heavy atom. The summed E-state index contributed by atoms with van der Waals surface area (Å²) in [5, 5.41) is 29.4. The molecule has 1 heterocycles. The van der Waals surface area contributed by atoms with E-state index in [1.807, 2.05) is 30.3 Å². The van der Waals surface area contributed by atoms with Gasteiger partial charge in [0.15, 0.2) is 17.3 Å². The molecule has 0 aliphatic heterocycles. The van der Waals surface area contributed by atoms with Crippen molar-refractivity contribution in [2.75, 3.05) is 4.72 Å². The largest absolute Gasteiger partial charge is 0.504 e. The van der Waals surface area contributed by atoms with Crippen molar-refractivity contribution < 1.29 is 28.2 Å². The first-order chi connectivity index (χ1) is 17.3. The lowest BCUT2D eigenvalue weighted by molar-refractivity contribution is 0.403. The molecule has 5 aromatic rings. The Labute approximate surface area is 206 Å². The highest BCUT2D eigenvalue weighted by atomic mass is 32.2. The maximum Gasteiger partial charge on any atom is 0.261 e. The molecule has 0 aliphatic rings. The molecule has 4 N–H and O–H groups in total. The zero-order valence-electron chi connectivity index (χ0n) is 18.5. The normalized spacial score (nSPS) is 10.9. The second-order valence-corrected chi connectivity index (χ2v) is 9.12. The molecule has 0 saturated carbocycles. The van der Waals surface area contributed by atoms with E-state index >= 15 is 0 Å². The lowest BCUT2D eigenvalue weighted by atomic mass is 10.1. The molecule has 36 heavy (non-hydrogen) atoms. The van der Waals surface area contributed by atoms with Crippen LogP contribution >= 0.6 is 0 Å². The second-order valence-electron chi connectivity index (χ2n) is 7.44. The number of hydrogen-bond acceptors (Lipinski definition) is 7. The number of hydrogen-bond donors (Lipinski definition) is 4. The van der Waals surface area contributed by atoms with Crippen LogP contribution in [0.2, 0.25) is 0 Å². The molecule has 4 aromatic carbocycles. The van der Waals surface area contributed by atoms with E-state index in [9.17, 15) is 28.5 Å². The lowest BCUT2D eigenvalue weighted by Gasteiger charge is -2.10. The topological polar surface area (TPSA) is 137 Å². The van der Waals surface area contributed by atoms with Crippen molar-refractivity contribution in [2.45, 2.75) is 4.90 Å². The lowest BCUT2D eigenvalue weighted by Crippen LogP contribution is -2.13. The molecule has 8 nitrogen and oxygen atoms in total. The maximum atomic E-state index is 12.7. The van der Waals surface area contributed by atoms with Crippen LogP contribution in [0.3, 0.4) is 0 Å². The third-order valence-corrected chi connectivity index (χ3v) is 6.36. The van der Waals surface area contributed by atoms with Crippen molar-refractivity contribution in [1.29, 1.82) is 0 Å². The molecule has 0 spiro atoms. The standard InChI is InChI=1S/C21H14NO7S.C6H5/c23-16-8-6-12(10-17(16)24)21-20(26)19(25)15-11-13(7-9-18(15)29-21)22-30(27,28)14-4-2-1-3-5-14;1-2-4-6-5-3-1/h2-11,22-24,26H;1-5H. The summed E-state index contributed by atoms with van der Waals surface area (Å²) >= 11 is 0. The van der Waals surface area contributed by atoms with Gasteiger partial charge in [-0.3, -0.25) is 9.52 Å².